The molecule has 3 heteroatoms. The molecule has 2 aromatic rings. The number of aryl methyl sites for hydroxylation is 1. The van der Waals surface area contributed by atoms with E-state index in [1.165, 1.54) is 16.3 Å². The van der Waals surface area contributed by atoms with Crippen LogP contribution in [0.4, 0.5) is 5.69 Å². The van der Waals surface area contributed by atoms with Gasteiger partial charge in [0.05, 0.1) is 9.52 Å². The molecule has 2 aromatic carbocycles. The summed E-state index contributed by atoms with van der Waals surface area (Å²) in [6.45, 7) is 4.27. The Hall–Kier alpha value is -1.87. The average Bonchev–Trinajstić information content (AvgIpc) is 2.42. The van der Waals surface area contributed by atoms with E-state index in [1.54, 1.807) is 0 Å². The van der Waals surface area contributed by atoms with Gasteiger partial charge in [0.25, 0.3) is 0 Å². The summed E-state index contributed by atoms with van der Waals surface area (Å²) in [5.74, 6) is 0.124. The summed E-state index contributed by atoms with van der Waals surface area (Å²) < 4.78 is 0. The fraction of sp³-hybridized carbons (Fsp3) is 0.188. The van der Waals surface area contributed by atoms with Crippen LogP contribution < -0.4 is 10.5 Å². The first-order valence-corrected chi connectivity index (χ1v) is 8.27. The van der Waals surface area contributed by atoms with E-state index < -0.39 is 9.52 Å². The van der Waals surface area contributed by atoms with E-state index in [0.29, 0.717) is 6.04 Å². The maximum absolute atomic E-state index is 11.9. The van der Waals surface area contributed by atoms with Crippen LogP contribution in [-0.2, 0) is 4.79 Å². The average molecular weight is 269 g/mol. The largest absolute Gasteiger partial charge is 0.326 e. The molecular formula is C16H19NOSi. The highest BCUT2D eigenvalue weighted by Crippen LogP contribution is 2.06. The van der Waals surface area contributed by atoms with Gasteiger partial charge in [0.15, 0.2) is 0 Å². The van der Waals surface area contributed by atoms with Gasteiger partial charge in [-0.1, -0.05) is 41.6 Å². The topological polar surface area (TPSA) is 29.1 Å². The number of nitrogens with one attached hydrogen (secondary N) is 1. The summed E-state index contributed by atoms with van der Waals surface area (Å²) in [6, 6.07) is 16.6. The number of anilines is 1. The predicted molar refractivity (Wildman–Crippen MR) is 84.0 cm³/mol. The van der Waals surface area contributed by atoms with E-state index in [1.807, 2.05) is 30.3 Å². The smallest absolute Gasteiger partial charge is 0.221 e. The lowest BCUT2D eigenvalue weighted by Crippen LogP contribution is -2.23. The maximum Gasteiger partial charge on any atom is 0.221 e. The van der Waals surface area contributed by atoms with Crippen molar-refractivity contribution >= 4 is 26.3 Å². The van der Waals surface area contributed by atoms with Gasteiger partial charge in [-0.3, -0.25) is 4.79 Å². The molecule has 0 atom stereocenters. The second kappa shape index (κ2) is 6.34. The van der Waals surface area contributed by atoms with Crippen molar-refractivity contribution in [3.05, 3.63) is 59.7 Å². The van der Waals surface area contributed by atoms with Gasteiger partial charge in [-0.2, -0.15) is 0 Å². The molecule has 0 bridgehead atoms. The highest BCUT2D eigenvalue weighted by Gasteiger charge is 2.06. The van der Waals surface area contributed by atoms with Crippen LogP contribution >= 0.6 is 0 Å². The third-order valence-electron chi connectivity index (χ3n) is 3.40. The van der Waals surface area contributed by atoms with Crippen LogP contribution in [0.1, 0.15) is 11.1 Å². The predicted octanol–water partition coefficient (Wildman–Crippen LogP) is 2.15. The number of carbonyl (C=O) groups is 1. The Kier molecular flexibility index (Phi) is 4.52. The molecule has 19 heavy (non-hydrogen) atoms. The fourth-order valence-corrected chi connectivity index (χ4v) is 3.65. The molecule has 0 spiro atoms. The summed E-state index contributed by atoms with van der Waals surface area (Å²) in [4.78, 5) is 11.9. The summed E-state index contributed by atoms with van der Waals surface area (Å²) in [5, 5.41) is 4.33. The van der Waals surface area contributed by atoms with Crippen LogP contribution in [0.15, 0.2) is 48.5 Å². The molecule has 0 aliphatic heterocycles. The molecule has 0 aliphatic carbocycles. The quantitative estimate of drug-likeness (QED) is 0.847. The second-order valence-corrected chi connectivity index (χ2v) is 6.54. The number of hydrogen-bond donors (Lipinski definition) is 1. The maximum atomic E-state index is 11.9. The molecule has 0 saturated heterocycles. The van der Waals surface area contributed by atoms with E-state index in [9.17, 15) is 4.79 Å². The Morgan fingerprint density at radius 1 is 1.05 bits per heavy atom. The molecular weight excluding hydrogens is 250 g/mol. The summed E-state index contributed by atoms with van der Waals surface area (Å²) >= 11 is 0. The Bertz CT molecular complexity index is 566. The Morgan fingerprint density at radius 3 is 2.53 bits per heavy atom. The minimum Gasteiger partial charge on any atom is -0.326 e. The first-order chi connectivity index (χ1) is 9.16. The summed E-state index contributed by atoms with van der Waals surface area (Å²) in [5.41, 5.74) is 3.54. The minimum atomic E-state index is -0.537. The Labute approximate surface area is 116 Å². The molecule has 0 fully saturated rings. The summed E-state index contributed by atoms with van der Waals surface area (Å²) in [7, 11) is -0.537. The normalized spacial score (nSPS) is 10.8. The third kappa shape index (κ3) is 3.79. The molecule has 1 N–H and O–H groups in total. The lowest BCUT2D eigenvalue weighted by atomic mass is 10.1. The van der Waals surface area contributed by atoms with Gasteiger partial charge in [0, 0.05) is 11.7 Å². The highest BCUT2D eigenvalue weighted by molar-refractivity contribution is 6.58. The van der Waals surface area contributed by atoms with Crippen LogP contribution in [0.3, 0.4) is 0 Å². The number of hydrogen-bond acceptors (Lipinski definition) is 1. The minimum absolute atomic E-state index is 0.124. The summed E-state index contributed by atoms with van der Waals surface area (Å²) in [6.07, 6.45) is 0. The molecule has 0 unspecified atom stereocenters. The van der Waals surface area contributed by atoms with Crippen molar-refractivity contribution in [2.75, 3.05) is 5.32 Å². The van der Waals surface area contributed by atoms with Crippen molar-refractivity contribution in [2.45, 2.75) is 19.9 Å². The third-order valence-corrected chi connectivity index (χ3v) is 5.40. The molecule has 2 nitrogen and oxygen atoms in total. The van der Waals surface area contributed by atoms with E-state index >= 15 is 0 Å². The molecule has 2 rings (SSSR count). The lowest BCUT2D eigenvalue weighted by molar-refractivity contribution is -0.114. The fourth-order valence-electron chi connectivity index (χ4n) is 2.08. The molecule has 1 amide bonds. The van der Waals surface area contributed by atoms with Crippen LogP contribution in [0.2, 0.25) is 6.04 Å². The van der Waals surface area contributed by atoms with Crippen LogP contribution in [0, 0.1) is 13.8 Å². The molecule has 0 radical (unpaired) electrons. The monoisotopic (exact) mass is 269 g/mol. The van der Waals surface area contributed by atoms with E-state index in [-0.39, 0.29) is 5.91 Å². The first kappa shape index (κ1) is 13.6. The Morgan fingerprint density at radius 2 is 1.79 bits per heavy atom. The van der Waals surface area contributed by atoms with Crippen molar-refractivity contribution in [1.82, 2.24) is 0 Å². The number of carbonyl (C=O) groups excluding carboxylic acids is 1. The van der Waals surface area contributed by atoms with Crippen LogP contribution in [0.5, 0.6) is 0 Å². The van der Waals surface area contributed by atoms with Crippen molar-refractivity contribution < 1.29 is 4.79 Å². The molecule has 0 aliphatic rings. The highest BCUT2D eigenvalue weighted by atomic mass is 28.2. The number of rotatable bonds is 4. The van der Waals surface area contributed by atoms with Gasteiger partial charge < -0.3 is 5.32 Å². The molecule has 98 valence electrons. The van der Waals surface area contributed by atoms with Crippen LogP contribution in [-0.4, -0.2) is 15.4 Å². The van der Waals surface area contributed by atoms with Crippen molar-refractivity contribution in [2.24, 2.45) is 0 Å². The zero-order valence-corrected chi connectivity index (χ0v) is 12.9. The van der Waals surface area contributed by atoms with Gasteiger partial charge in [-0.05, 0) is 37.1 Å². The molecule has 0 saturated carbocycles. The number of benzene rings is 2. The van der Waals surface area contributed by atoms with Gasteiger partial charge >= 0.3 is 0 Å². The zero-order valence-electron chi connectivity index (χ0n) is 11.4. The SMILES string of the molecule is Cc1cccc([SiH2]CC(=O)Nc2ccccc2)c1C. The standard InChI is InChI=1S/C16H19NOSi/c1-12-7-6-10-15(13(12)2)19-11-16(18)17-14-8-4-3-5-9-14/h3-10H,11,19H2,1-2H3,(H,17,18). The Balaban J connectivity index is 1.92. The van der Waals surface area contributed by atoms with E-state index in [0.717, 1.165) is 5.69 Å². The molecule has 0 heterocycles. The first-order valence-electron chi connectivity index (χ1n) is 6.57. The number of para-hydroxylation sites is 1. The van der Waals surface area contributed by atoms with Crippen molar-refractivity contribution in [3.8, 4) is 0 Å². The van der Waals surface area contributed by atoms with Gasteiger partial charge in [0.2, 0.25) is 5.91 Å². The number of amides is 1. The van der Waals surface area contributed by atoms with Gasteiger partial charge in [-0.15, -0.1) is 0 Å². The van der Waals surface area contributed by atoms with Gasteiger partial charge in [0.1, 0.15) is 0 Å². The second-order valence-electron chi connectivity index (χ2n) is 4.77. The molecule has 0 aromatic heterocycles. The lowest BCUT2D eigenvalue weighted by Gasteiger charge is -2.08. The van der Waals surface area contributed by atoms with Crippen LogP contribution in [0.25, 0.3) is 0 Å². The van der Waals surface area contributed by atoms with E-state index in [2.05, 4.69) is 37.4 Å². The van der Waals surface area contributed by atoms with Gasteiger partial charge in [-0.25, -0.2) is 0 Å². The zero-order chi connectivity index (χ0) is 13.7. The van der Waals surface area contributed by atoms with E-state index in [4.69, 9.17) is 0 Å². The van der Waals surface area contributed by atoms with Crippen molar-refractivity contribution in [3.63, 3.8) is 0 Å². The van der Waals surface area contributed by atoms with Crippen molar-refractivity contribution in [1.29, 1.82) is 0 Å².